The predicted octanol–water partition coefficient (Wildman–Crippen LogP) is 1.76. The third-order valence-electron chi connectivity index (χ3n) is 2.39. The molecule has 1 atom stereocenters. The Balaban J connectivity index is 2.73. The zero-order chi connectivity index (χ0) is 13.5. The quantitative estimate of drug-likeness (QED) is 0.806. The normalized spacial score (nSPS) is 12.2. The van der Waals surface area contributed by atoms with Gasteiger partial charge in [-0.2, -0.15) is 0 Å². The lowest BCUT2D eigenvalue weighted by molar-refractivity contribution is -0.137. The zero-order valence-electron chi connectivity index (χ0n) is 10.6. The molecule has 0 saturated carbocycles. The van der Waals surface area contributed by atoms with E-state index < -0.39 is 12.0 Å². The van der Waals surface area contributed by atoms with Gasteiger partial charge in [0.25, 0.3) is 0 Å². The number of aromatic nitrogens is 1. The summed E-state index contributed by atoms with van der Waals surface area (Å²) < 4.78 is 0. The molecule has 5 nitrogen and oxygen atoms in total. The summed E-state index contributed by atoms with van der Waals surface area (Å²) in [5.41, 5.74) is 0.706. The van der Waals surface area contributed by atoms with Crippen molar-refractivity contribution in [3.63, 3.8) is 0 Å². The highest BCUT2D eigenvalue weighted by molar-refractivity contribution is 5.77. The second kappa shape index (κ2) is 6.74. The Labute approximate surface area is 106 Å². The predicted molar refractivity (Wildman–Crippen MR) is 66.8 cm³/mol. The van der Waals surface area contributed by atoms with Crippen LogP contribution in [0.4, 0.5) is 0 Å². The van der Waals surface area contributed by atoms with Crippen LogP contribution in [-0.4, -0.2) is 22.0 Å². The van der Waals surface area contributed by atoms with Gasteiger partial charge in [-0.15, -0.1) is 0 Å². The van der Waals surface area contributed by atoms with Crippen LogP contribution in [0.5, 0.6) is 0 Å². The third kappa shape index (κ3) is 4.95. The minimum atomic E-state index is -0.950. The summed E-state index contributed by atoms with van der Waals surface area (Å²) in [5.74, 6) is -0.849. The molecule has 1 unspecified atom stereocenters. The van der Waals surface area contributed by atoms with Gasteiger partial charge in [0.15, 0.2) is 0 Å². The van der Waals surface area contributed by atoms with Crippen molar-refractivity contribution in [2.75, 3.05) is 0 Å². The number of pyridine rings is 1. The fraction of sp³-hybridized carbons (Fsp3) is 0.462. The van der Waals surface area contributed by atoms with Gasteiger partial charge in [-0.05, 0) is 17.5 Å². The van der Waals surface area contributed by atoms with E-state index in [2.05, 4.69) is 10.3 Å². The number of rotatable bonds is 6. The highest BCUT2D eigenvalue weighted by Gasteiger charge is 2.18. The molecule has 1 aromatic heterocycles. The van der Waals surface area contributed by atoms with Gasteiger partial charge in [0.1, 0.15) is 0 Å². The van der Waals surface area contributed by atoms with E-state index in [1.54, 1.807) is 24.5 Å². The van der Waals surface area contributed by atoms with Crippen molar-refractivity contribution in [1.29, 1.82) is 0 Å². The van der Waals surface area contributed by atoms with Crippen molar-refractivity contribution in [3.05, 3.63) is 30.1 Å². The number of nitrogens with zero attached hydrogens (tertiary/aromatic N) is 1. The van der Waals surface area contributed by atoms with Gasteiger partial charge >= 0.3 is 5.97 Å². The summed E-state index contributed by atoms with van der Waals surface area (Å²) in [5, 5.41) is 11.6. The van der Waals surface area contributed by atoms with Gasteiger partial charge in [0, 0.05) is 18.8 Å². The Hall–Kier alpha value is -1.91. The molecule has 0 saturated heterocycles. The standard InChI is InChI=1S/C13H18N2O3/c1-9(2)6-12(16)15-11(7-13(17)18)10-4-3-5-14-8-10/h3-5,8-9,11H,6-7H2,1-2H3,(H,15,16)(H,17,18). The number of amides is 1. The largest absolute Gasteiger partial charge is 0.481 e. The lowest BCUT2D eigenvalue weighted by Gasteiger charge is -2.17. The summed E-state index contributed by atoms with van der Waals surface area (Å²) in [6.45, 7) is 3.88. The number of carboxylic acid groups (broad SMARTS) is 1. The van der Waals surface area contributed by atoms with Gasteiger partial charge in [-0.25, -0.2) is 0 Å². The van der Waals surface area contributed by atoms with E-state index >= 15 is 0 Å². The van der Waals surface area contributed by atoms with E-state index in [0.29, 0.717) is 12.0 Å². The van der Waals surface area contributed by atoms with Crippen molar-refractivity contribution < 1.29 is 14.7 Å². The van der Waals surface area contributed by atoms with Crippen molar-refractivity contribution in [1.82, 2.24) is 10.3 Å². The highest BCUT2D eigenvalue weighted by Crippen LogP contribution is 2.16. The van der Waals surface area contributed by atoms with E-state index in [-0.39, 0.29) is 18.2 Å². The number of hydrogen-bond donors (Lipinski definition) is 2. The molecular weight excluding hydrogens is 232 g/mol. The molecule has 0 aromatic carbocycles. The first-order chi connectivity index (χ1) is 8.49. The van der Waals surface area contributed by atoms with Crippen LogP contribution in [0.1, 0.15) is 38.3 Å². The third-order valence-corrected chi connectivity index (χ3v) is 2.39. The molecule has 1 rings (SSSR count). The molecule has 18 heavy (non-hydrogen) atoms. The van der Waals surface area contributed by atoms with Crippen molar-refractivity contribution in [2.24, 2.45) is 5.92 Å². The zero-order valence-corrected chi connectivity index (χ0v) is 10.6. The summed E-state index contributed by atoms with van der Waals surface area (Å²) in [7, 11) is 0. The first kappa shape index (κ1) is 14.2. The van der Waals surface area contributed by atoms with Crippen LogP contribution in [0.2, 0.25) is 0 Å². The number of carbonyl (C=O) groups excluding carboxylic acids is 1. The van der Waals surface area contributed by atoms with Crippen LogP contribution in [0.15, 0.2) is 24.5 Å². The molecule has 0 spiro atoms. The number of hydrogen-bond acceptors (Lipinski definition) is 3. The second-order valence-electron chi connectivity index (χ2n) is 4.60. The maximum Gasteiger partial charge on any atom is 0.305 e. The molecule has 0 fully saturated rings. The van der Waals surface area contributed by atoms with E-state index in [4.69, 9.17) is 5.11 Å². The van der Waals surface area contributed by atoms with Crippen LogP contribution >= 0.6 is 0 Å². The molecule has 98 valence electrons. The van der Waals surface area contributed by atoms with Gasteiger partial charge in [0.05, 0.1) is 12.5 Å². The number of aliphatic carboxylic acids is 1. The molecule has 0 aliphatic heterocycles. The highest BCUT2D eigenvalue weighted by atomic mass is 16.4. The second-order valence-corrected chi connectivity index (χ2v) is 4.60. The van der Waals surface area contributed by atoms with Gasteiger partial charge < -0.3 is 10.4 Å². The summed E-state index contributed by atoms with van der Waals surface area (Å²) in [6.07, 6.45) is 3.42. The summed E-state index contributed by atoms with van der Waals surface area (Å²) in [4.78, 5) is 26.4. The average Bonchev–Trinajstić information content (AvgIpc) is 2.27. The molecule has 0 radical (unpaired) electrons. The Morgan fingerprint density at radius 2 is 2.11 bits per heavy atom. The minimum Gasteiger partial charge on any atom is -0.481 e. The molecule has 0 aliphatic carbocycles. The first-order valence-corrected chi connectivity index (χ1v) is 5.90. The fourth-order valence-electron chi connectivity index (χ4n) is 1.63. The smallest absolute Gasteiger partial charge is 0.305 e. The van der Waals surface area contributed by atoms with Crippen molar-refractivity contribution >= 4 is 11.9 Å². The summed E-state index contributed by atoms with van der Waals surface area (Å²) >= 11 is 0. The van der Waals surface area contributed by atoms with E-state index in [1.807, 2.05) is 13.8 Å². The number of nitrogens with one attached hydrogen (secondary N) is 1. The fourth-order valence-corrected chi connectivity index (χ4v) is 1.63. The van der Waals surface area contributed by atoms with Crippen LogP contribution in [0.25, 0.3) is 0 Å². The molecule has 2 N–H and O–H groups in total. The van der Waals surface area contributed by atoms with Gasteiger partial charge in [-0.3, -0.25) is 14.6 Å². The molecule has 5 heteroatoms. The van der Waals surface area contributed by atoms with Crippen LogP contribution in [-0.2, 0) is 9.59 Å². The first-order valence-electron chi connectivity index (χ1n) is 5.90. The average molecular weight is 250 g/mol. The van der Waals surface area contributed by atoms with Crippen LogP contribution < -0.4 is 5.32 Å². The van der Waals surface area contributed by atoms with Gasteiger partial charge in [-0.1, -0.05) is 19.9 Å². The van der Waals surface area contributed by atoms with Crippen molar-refractivity contribution in [3.8, 4) is 0 Å². The molecule has 0 bridgehead atoms. The lowest BCUT2D eigenvalue weighted by atomic mass is 10.0. The van der Waals surface area contributed by atoms with E-state index in [9.17, 15) is 9.59 Å². The van der Waals surface area contributed by atoms with Crippen LogP contribution in [0.3, 0.4) is 0 Å². The van der Waals surface area contributed by atoms with E-state index in [0.717, 1.165) is 0 Å². The van der Waals surface area contributed by atoms with E-state index in [1.165, 1.54) is 0 Å². The molecular formula is C13H18N2O3. The molecule has 1 heterocycles. The maximum atomic E-state index is 11.7. The maximum absolute atomic E-state index is 11.7. The Bertz CT molecular complexity index is 404. The lowest BCUT2D eigenvalue weighted by Crippen LogP contribution is -2.30. The minimum absolute atomic E-state index is 0.139. The molecule has 0 aliphatic rings. The Morgan fingerprint density at radius 1 is 1.39 bits per heavy atom. The molecule has 1 aromatic rings. The van der Waals surface area contributed by atoms with Crippen molar-refractivity contribution in [2.45, 2.75) is 32.7 Å². The SMILES string of the molecule is CC(C)CC(=O)NC(CC(=O)O)c1cccnc1. The Kier molecular flexibility index (Phi) is 5.30. The number of carbonyl (C=O) groups is 2. The molecule has 1 amide bonds. The number of carboxylic acids is 1. The summed E-state index contributed by atoms with van der Waals surface area (Å²) in [6, 6.07) is 2.96. The monoisotopic (exact) mass is 250 g/mol. The van der Waals surface area contributed by atoms with Gasteiger partial charge in [0.2, 0.25) is 5.91 Å². The topological polar surface area (TPSA) is 79.3 Å². The van der Waals surface area contributed by atoms with Crippen LogP contribution in [0, 0.1) is 5.92 Å². The Morgan fingerprint density at radius 3 is 2.61 bits per heavy atom.